The molecule has 3 rings (SSSR count). The maximum Gasteiger partial charge on any atom is 0.258 e. The van der Waals surface area contributed by atoms with Crippen molar-refractivity contribution < 1.29 is 13.9 Å². The van der Waals surface area contributed by atoms with Crippen LogP contribution in [0.2, 0.25) is 0 Å². The van der Waals surface area contributed by atoms with Gasteiger partial charge >= 0.3 is 0 Å². The van der Waals surface area contributed by atoms with Crippen LogP contribution in [-0.4, -0.2) is 18.4 Å². The average molecular weight is 295 g/mol. The van der Waals surface area contributed by atoms with Gasteiger partial charge in [-0.2, -0.15) is 0 Å². The molecule has 2 aromatic heterocycles. The molecule has 0 aliphatic rings. The highest BCUT2D eigenvalue weighted by atomic mass is 16.5. The molecule has 1 aromatic carbocycles. The Labute approximate surface area is 128 Å². The van der Waals surface area contributed by atoms with Crippen LogP contribution in [0.5, 0.6) is 5.88 Å². The van der Waals surface area contributed by atoms with E-state index < -0.39 is 0 Å². The number of carbonyl (C=O) groups is 1. The highest BCUT2D eigenvalue weighted by molar-refractivity contribution is 5.99. The molecule has 0 radical (unpaired) electrons. The lowest BCUT2D eigenvalue weighted by Gasteiger charge is -2.10. The van der Waals surface area contributed by atoms with Gasteiger partial charge in [-0.15, -0.1) is 0 Å². The van der Waals surface area contributed by atoms with Gasteiger partial charge in [0.05, 0.1) is 7.11 Å². The number of aldehydes is 1. The summed E-state index contributed by atoms with van der Waals surface area (Å²) in [7, 11) is 1.53. The minimum atomic E-state index is 0.370. The number of aromatic nitrogens is 1. The molecule has 3 aromatic rings. The predicted octanol–water partition coefficient (Wildman–Crippen LogP) is 4.44. The topological polar surface area (TPSA) is 52.3 Å². The van der Waals surface area contributed by atoms with Crippen LogP contribution in [-0.2, 0) is 0 Å². The van der Waals surface area contributed by atoms with E-state index in [1.165, 1.54) is 18.9 Å². The third-order valence-corrected chi connectivity index (χ3v) is 3.73. The molecule has 0 aliphatic carbocycles. The Hall–Kier alpha value is -2.62. The maximum absolute atomic E-state index is 11.2. The van der Waals surface area contributed by atoms with Crippen molar-refractivity contribution in [2.75, 3.05) is 7.11 Å². The van der Waals surface area contributed by atoms with Gasteiger partial charge in [0.2, 0.25) is 0 Å². The largest absolute Gasteiger partial charge is 0.478 e. The van der Waals surface area contributed by atoms with Gasteiger partial charge in [-0.3, -0.25) is 4.79 Å². The summed E-state index contributed by atoms with van der Waals surface area (Å²) in [6.45, 7) is 4.28. The maximum atomic E-state index is 11.2. The summed E-state index contributed by atoms with van der Waals surface area (Å²) in [5.41, 5.74) is 3.21. The zero-order valence-electron chi connectivity index (χ0n) is 12.8. The summed E-state index contributed by atoms with van der Waals surface area (Å²) in [6.07, 6.45) is 2.28. The normalized spacial score (nSPS) is 11.1. The summed E-state index contributed by atoms with van der Waals surface area (Å²) in [4.78, 5) is 15.3. The summed E-state index contributed by atoms with van der Waals surface area (Å²) < 4.78 is 11.2. The fourth-order valence-electron chi connectivity index (χ4n) is 2.62. The highest BCUT2D eigenvalue weighted by Crippen LogP contribution is 2.36. The molecule has 0 N–H and O–H groups in total. The van der Waals surface area contributed by atoms with Crippen LogP contribution in [0.1, 0.15) is 35.7 Å². The van der Waals surface area contributed by atoms with E-state index in [1.54, 1.807) is 0 Å². The molecule has 0 saturated heterocycles. The van der Waals surface area contributed by atoms with Crippen molar-refractivity contribution in [3.8, 4) is 17.2 Å². The summed E-state index contributed by atoms with van der Waals surface area (Å²) in [5.74, 6) is 1.47. The second-order valence-corrected chi connectivity index (χ2v) is 5.44. The molecule has 4 nitrogen and oxygen atoms in total. The van der Waals surface area contributed by atoms with Gasteiger partial charge in [0.1, 0.15) is 5.76 Å². The van der Waals surface area contributed by atoms with Gasteiger partial charge in [-0.25, -0.2) is 4.98 Å². The molecule has 0 spiro atoms. The van der Waals surface area contributed by atoms with E-state index in [9.17, 15) is 4.79 Å². The summed E-state index contributed by atoms with van der Waals surface area (Å²) in [5, 5.41) is 0.718. The van der Waals surface area contributed by atoms with Crippen molar-refractivity contribution in [2.24, 2.45) is 0 Å². The number of hydrogen-bond acceptors (Lipinski definition) is 4. The molecule has 0 unspecified atom stereocenters. The van der Waals surface area contributed by atoms with Crippen molar-refractivity contribution in [1.82, 2.24) is 4.98 Å². The molecule has 0 bridgehead atoms. The van der Waals surface area contributed by atoms with Crippen LogP contribution in [0.3, 0.4) is 0 Å². The molecule has 4 heteroatoms. The van der Waals surface area contributed by atoms with E-state index in [-0.39, 0.29) is 0 Å². The molecule has 112 valence electrons. The number of hydrogen-bond donors (Lipinski definition) is 0. The molecular formula is C18H17NO3. The minimum Gasteiger partial charge on any atom is -0.478 e. The van der Waals surface area contributed by atoms with Crippen molar-refractivity contribution in [3.63, 3.8) is 0 Å². The van der Waals surface area contributed by atoms with Gasteiger partial charge in [0, 0.05) is 22.7 Å². The first-order valence-corrected chi connectivity index (χ1v) is 7.16. The second-order valence-electron chi connectivity index (χ2n) is 5.44. The average Bonchev–Trinajstić information content (AvgIpc) is 2.99. The number of furan rings is 1. The van der Waals surface area contributed by atoms with Gasteiger partial charge in [-0.1, -0.05) is 38.1 Å². The van der Waals surface area contributed by atoms with Crippen LogP contribution in [0.4, 0.5) is 0 Å². The molecule has 0 saturated carbocycles. The molecule has 0 aliphatic heterocycles. The molecule has 0 fully saturated rings. The number of methoxy groups -OCH3 is 1. The molecular weight excluding hydrogens is 278 g/mol. The van der Waals surface area contributed by atoms with Crippen molar-refractivity contribution in [2.45, 2.75) is 19.8 Å². The molecule has 2 heterocycles. The number of pyridine rings is 1. The SMILES string of the molecule is COc1ncc(C=O)c2cc(-c3ccccc3C(C)C)oc12. The number of carbonyl (C=O) groups excluding carboxylic acids is 1. The van der Waals surface area contributed by atoms with E-state index in [2.05, 4.69) is 24.9 Å². The predicted molar refractivity (Wildman–Crippen MR) is 85.5 cm³/mol. The van der Waals surface area contributed by atoms with Crippen LogP contribution >= 0.6 is 0 Å². The van der Waals surface area contributed by atoms with E-state index in [0.29, 0.717) is 28.7 Å². The van der Waals surface area contributed by atoms with E-state index in [1.807, 2.05) is 24.3 Å². The Kier molecular flexibility index (Phi) is 3.67. The van der Waals surface area contributed by atoms with Gasteiger partial charge in [-0.05, 0) is 17.5 Å². The van der Waals surface area contributed by atoms with Crippen LogP contribution < -0.4 is 4.74 Å². The third kappa shape index (κ3) is 2.26. The third-order valence-electron chi connectivity index (χ3n) is 3.73. The van der Waals surface area contributed by atoms with Crippen molar-refractivity contribution >= 4 is 17.3 Å². The number of benzene rings is 1. The van der Waals surface area contributed by atoms with Gasteiger partial charge in [0.15, 0.2) is 11.9 Å². The Morgan fingerprint density at radius 1 is 1.27 bits per heavy atom. The zero-order valence-corrected chi connectivity index (χ0v) is 12.8. The number of nitrogens with zero attached hydrogens (tertiary/aromatic N) is 1. The number of rotatable bonds is 4. The van der Waals surface area contributed by atoms with Crippen LogP contribution in [0, 0.1) is 0 Å². The first-order valence-electron chi connectivity index (χ1n) is 7.16. The molecule has 22 heavy (non-hydrogen) atoms. The second kappa shape index (κ2) is 5.64. The van der Waals surface area contributed by atoms with E-state index >= 15 is 0 Å². The molecule has 0 atom stereocenters. The standard InChI is InChI=1S/C18H17NO3/c1-11(2)13-6-4-5-7-14(13)16-8-15-12(10-20)9-19-18(21-3)17(15)22-16/h4-11H,1-3H3. The van der Waals surface area contributed by atoms with Crippen LogP contribution in [0.15, 0.2) is 40.9 Å². The van der Waals surface area contributed by atoms with Gasteiger partial charge < -0.3 is 9.15 Å². The van der Waals surface area contributed by atoms with Crippen LogP contribution in [0.25, 0.3) is 22.3 Å². The monoisotopic (exact) mass is 295 g/mol. The van der Waals surface area contributed by atoms with Crippen molar-refractivity contribution in [1.29, 1.82) is 0 Å². The van der Waals surface area contributed by atoms with Crippen molar-refractivity contribution in [3.05, 3.63) is 47.7 Å². The highest BCUT2D eigenvalue weighted by Gasteiger charge is 2.17. The summed E-state index contributed by atoms with van der Waals surface area (Å²) in [6, 6.07) is 9.98. The van der Waals surface area contributed by atoms with E-state index in [4.69, 9.17) is 9.15 Å². The fourth-order valence-corrected chi connectivity index (χ4v) is 2.62. The Morgan fingerprint density at radius 2 is 2.05 bits per heavy atom. The quantitative estimate of drug-likeness (QED) is 0.668. The lowest BCUT2D eigenvalue weighted by molar-refractivity contribution is 0.112. The fraction of sp³-hybridized carbons (Fsp3) is 0.222. The van der Waals surface area contributed by atoms with E-state index in [0.717, 1.165) is 17.2 Å². The van der Waals surface area contributed by atoms with Gasteiger partial charge in [0.25, 0.3) is 5.88 Å². The first kappa shape index (κ1) is 14.3. The first-order chi connectivity index (χ1) is 10.7. The minimum absolute atomic E-state index is 0.370. The molecule has 0 amide bonds. The lowest BCUT2D eigenvalue weighted by atomic mass is 9.96. The Morgan fingerprint density at radius 3 is 2.73 bits per heavy atom. The Bertz CT molecular complexity index is 833. The number of ether oxygens (including phenoxy) is 1. The lowest BCUT2D eigenvalue weighted by Crippen LogP contribution is -1.90. The Balaban J connectivity index is 2.27. The zero-order chi connectivity index (χ0) is 15.7. The summed E-state index contributed by atoms with van der Waals surface area (Å²) >= 11 is 0. The smallest absolute Gasteiger partial charge is 0.258 e. The number of fused-ring (bicyclic) bond motifs is 1.